The Kier molecular flexibility index (Phi) is 5.81. The zero-order chi connectivity index (χ0) is 16.2. The van der Waals surface area contributed by atoms with Crippen LogP contribution in [0.25, 0.3) is 0 Å². The number of ether oxygens (including phenoxy) is 1. The molecule has 5 nitrogen and oxygen atoms in total. The Bertz CT molecular complexity index is 496. The van der Waals surface area contributed by atoms with Gasteiger partial charge in [0.2, 0.25) is 0 Å². The molecular formula is C16H27N3O2S. The Morgan fingerprint density at radius 1 is 1.55 bits per heavy atom. The summed E-state index contributed by atoms with van der Waals surface area (Å²) in [4.78, 5) is 19.7. The van der Waals surface area contributed by atoms with Crippen molar-refractivity contribution in [1.29, 1.82) is 0 Å². The van der Waals surface area contributed by atoms with Gasteiger partial charge >= 0.3 is 6.09 Å². The van der Waals surface area contributed by atoms with Crippen molar-refractivity contribution in [1.82, 2.24) is 15.2 Å². The predicted molar refractivity (Wildman–Crippen MR) is 89.2 cm³/mol. The summed E-state index contributed by atoms with van der Waals surface area (Å²) in [5, 5.41) is 4.62. The molecule has 6 heteroatoms. The van der Waals surface area contributed by atoms with Crippen molar-refractivity contribution in [2.75, 3.05) is 13.1 Å². The molecule has 0 saturated carbocycles. The number of likely N-dealkylation sites (tertiary alicyclic amines) is 1. The van der Waals surface area contributed by atoms with Gasteiger partial charge in [-0.3, -0.25) is 0 Å². The van der Waals surface area contributed by atoms with Gasteiger partial charge in [-0.1, -0.05) is 6.92 Å². The number of hydrogen-bond donors (Lipinski definition) is 1. The highest BCUT2D eigenvalue weighted by Gasteiger charge is 2.31. The first-order valence-electron chi connectivity index (χ1n) is 8.03. The van der Waals surface area contributed by atoms with Crippen LogP contribution in [0.2, 0.25) is 0 Å². The van der Waals surface area contributed by atoms with E-state index in [4.69, 9.17) is 4.74 Å². The van der Waals surface area contributed by atoms with E-state index in [1.54, 1.807) is 11.3 Å². The van der Waals surface area contributed by atoms with Crippen LogP contribution in [0.4, 0.5) is 4.79 Å². The minimum Gasteiger partial charge on any atom is -0.444 e. The molecule has 1 unspecified atom stereocenters. The number of thiazole rings is 1. The molecule has 0 bridgehead atoms. The molecule has 1 aromatic rings. The van der Waals surface area contributed by atoms with Gasteiger partial charge in [0.1, 0.15) is 5.60 Å². The van der Waals surface area contributed by atoms with Gasteiger partial charge in [-0.25, -0.2) is 9.78 Å². The van der Waals surface area contributed by atoms with E-state index in [1.165, 1.54) is 9.88 Å². The van der Waals surface area contributed by atoms with Crippen LogP contribution in [0.3, 0.4) is 0 Å². The fourth-order valence-corrected chi connectivity index (χ4v) is 3.40. The van der Waals surface area contributed by atoms with Crippen LogP contribution in [0, 0.1) is 0 Å². The van der Waals surface area contributed by atoms with Crippen molar-refractivity contribution >= 4 is 17.4 Å². The van der Waals surface area contributed by atoms with Crippen molar-refractivity contribution < 1.29 is 9.53 Å². The molecular weight excluding hydrogens is 298 g/mol. The van der Waals surface area contributed by atoms with Gasteiger partial charge in [0.05, 0.1) is 5.01 Å². The highest BCUT2D eigenvalue weighted by atomic mass is 32.1. The molecule has 1 atom stereocenters. The Morgan fingerprint density at radius 2 is 2.32 bits per heavy atom. The van der Waals surface area contributed by atoms with Crippen LogP contribution >= 0.6 is 11.3 Å². The zero-order valence-electron chi connectivity index (χ0n) is 14.0. The maximum Gasteiger partial charge on any atom is 0.410 e. The number of nitrogens with zero attached hydrogens (tertiary/aromatic N) is 2. The van der Waals surface area contributed by atoms with Gasteiger partial charge < -0.3 is 15.0 Å². The minimum atomic E-state index is -0.434. The standard InChI is InChI=1S/C16H27N3O2S/c1-5-14-18-11-13(22-14)10-17-9-12-7-6-8-19(12)15(20)21-16(2,3)4/h11-12,17H,5-10H2,1-4H3. The molecule has 2 heterocycles. The highest BCUT2D eigenvalue weighted by molar-refractivity contribution is 7.11. The Labute approximate surface area is 137 Å². The fourth-order valence-electron chi connectivity index (χ4n) is 2.56. The lowest BCUT2D eigenvalue weighted by Crippen LogP contribution is -2.43. The summed E-state index contributed by atoms with van der Waals surface area (Å²) in [7, 11) is 0. The smallest absolute Gasteiger partial charge is 0.410 e. The van der Waals surface area contributed by atoms with E-state index in [2.05, 4.69) is 17.2 Å². The quantitative estimate of drug-likeness (QED) is 0.903. The molecule has 1 N–H and O–H groups in total. The molecule has 124 valence electrons. The average molecular weight is 325 g/mol. The average Bonchev–Trinajstić information content (AvgIpc) is 3.05. The number of carbonyl (C=O) groups is 1. The molecule has 1 aliphatic rings. The topological polar surface area (TPSA) is 54.5 Å². The Hall–Kier alpha value is -1.14. The number of hydrogen-bond acceptors (Lipinski definition) is 5. The third kappa shape index (κ3) is 4.95. The van der Waals surface area contributed by atoms with Crippen molar-refractivity contribution in [2.24, 2.45) is 0 Å². The van der Waals surface area contributed by atoms with Gasteiger partial charge in [-0.15, -0.1) is 11.3 Å². The number of carbonyl (C=O) groups excluding carboxylic acids is 1. The first-order valence-corrected chi connectivity index (χ1v) is 8.84. The number of amides is 1. The van der Waals surface area contributed by atoms with Gasteiger partial charge in [0.15, 0.2) is 0 Å². The van der Waals surface area contributed by atoms with E-state index in [1.807, 2.05) is 31.9 Å². The first-order chi connectivity index (χ1) is 10.4. The molecule has 1 aromatic heterocycles. The third-order valence-corrected chi connectivity index (χ3v) is 4.73. The van der Waals surface area contributed by atoms with Crippen molar-refractivity contribution in [2.45, 2.75) is 65.1 Å². The summed E-state index contributed by atoms with van der Waals surface area (Å²) >= 11 is 1.75. The lowest BCUT2D eigenvalue weighted by molar-refractivity contribution is 0.0226. The first kappa shape index (κ1) is 17.2. The normalized spacial score (nSPS) is 18.7. The van der Waals surface area contributed by atoms with Crippen LogP contribution in [0.1, 0.15) is 50.4 Å². The second kappa shape index (κ2) is 7.42. The molecule has 1 fully saturated rings. The van der Waals surface area contributed by atoms with Gasteiger partial charge in [0.25, 0.3) is 0 Å². The van der Waals surface area contributed by atoms with E-state index in [9.17, 15) is 4.79 Å². The minimum absolute atomic E-state index is 0.192. The molecule has 1 aliphatic heterocycles. The van der Waals surface area contributed by atoms with E-state index < -0.39 is 5.60 Å². The number of rotatable bonds is 5. The third-order valence-electron chi connectivity index (χ3n) is 3.59. The molecule has 0 spiro atoms. The lowest BCUT2D eigenvalue weighted by atomic mass is 10.2. The molecule has 1 saturated heterocycles. The largest absolute Gasteiger partial charge is 0.444 e. The molecule has 2 rings (SSSR count). The van der Waals surface area contributed by atoms with E-state index >= 15 is 0 Å². The van der Waals surface area contributed by atoms with Crippen LogP contribution in [0.15, 0.2) is 6.20 Å². The maximum atomic E-state index is 12.2. The summed E-state index contributed by atoms with van der Waals surface area (Å²) in [5.41, 5.74) is -0.434. The van der Waals surface area contributed by atoms with Crippen molar-refractivity contribution in [3.63, 3.8) is 0 Å². The second-order valence-electron chi connectivity index (χ2n) is 6.67. The van der Waals surface area contributed by atoms with Crippen LogP contribution in [-0.4, -0.2) is 40.7 Å². The maximum absolute atomic E-state index is 12.2. The zero-order valence-corrected chi connectivity index (χ0v) is 14.8. The summed E-state index contributed by atoms with van der Waals surface area (Å²) in [5.74, 6) is 0. The van der Waals surface area contributed by atoms with Crippen LogP contribution < -0.4 is 5.32 Å². The number of nitrogens with one attached hydrogen (secondary N) is 1. The molecule has 1 amide bonds. The summed E-state index contributed by atoms with van der Waals surface area (Å²) in [6, 6.07) is 0.230. The second-order valence-corrected chi connectivity index (χ2v) is 7.87. The summed E-state index contributed by atoms with van der Waals surface area (Å²) in [6.45, 7) is 10.3. The molecule has 0 aromatic carbocycles. The summed E-state index contributed by atoms with van der Waals surface area (Å²) in [6.07, 6.45) is 4.82. The number of aryl methyl sites for hydroxylation is 1. The van der Waals surface area contributed by atoms with E-state index in [0.29, 0.717) is 0 Å². The highest BCUT2D eigenvalue weighted by Crippen LogP contribution is 2.20. The molecule has 0 radical (unpaired) electrons. The summed E-state index contributed by atoms with van der Waals surface area (Å²) < 4.78 is 5.49. The van der Waals surface area contributed by atoms with E-state index in [-0.39, 0.29) is 12.1 Å². The number of aromatic nitrogens is 1. The van der Waals surface area contributed by atoms with Crippen molar-refractivity contribution in [3.8, 4) is 0 Å². The fraction of sp³-hybridized carbons (Fsp3) is 0.750. The monoisotopic (exact) mass is 325 g/mol. The van der Waals surface area contributed by atoms with Crippen LogP contribution in [-0.2, 0) is 17.7 Å². The van der Waals surface area contributed by atoms with Gasteiger partial charge in [-0.05, 0) is 40.0 Å². The van der Waals surface area contributed by atoms with Gasteiger partial charge in [0, 0.05) is 36.8 Å². The Morgan fingerprint density at radius 3 is 2.95 bits per heavy atom. The molecule has 22 heavy (non-hydrogen) atoms. The molecule has 0 aliphatic carbocycles. The van der Waals surface area contributed by atoms with Crippen molar-refractivity contribution in [3.05, 3.63) is 16.1 Å². The van der Waals surface area contributed by atoms with E-state index in [0.717, 1.165) is 38.9 Å². The lowest BCUT2D eigenvalue weighted by Gasteiger charge is -2.28. The SMILES string of the molecule is CCc1ncc(CNCC2CCCN2C(=O)OC(C)(C)C)s1. The van der Waals surface area contributed by atoms with Gasteiger partial charge in [-0.2, -0.15) is 0 Å². The van der Waals surface area contributed by atoms with Crippen LogP contribution in [0.5, 0.6) is 0 Å². The predicted octanol–water partition coefficient (Wildman–Crippen LogP) is 3.19. The Balaban J connectivity index is 1.80.